The van der Waals surface area contributed by atoms with E-state index in [1.54, 1.807) is 0 Å². The minimum Gasteiger partial charge on any atom is -0.367 e. The van der Waals surface area contributed by atoms with Gasteiger partial charge in [-0.2, -0.15) is 0 Å². The van der Waals surface area contributed by atoms with Crippen molar-refractivity contribution >= 4 is 21.6 Å². The molecule has 2 heterocycles. The highest BCUT2D eigenvalue weighted by Crippen LogP contribution is 2.42. The molecule has 0 spiro atoms. The van der Waals surface area contributed by atoms with E-state index in [-0.39, 0.29) is 0 Å². The van der Waals surface area contributed by atoms with Gasteiger partial charge in [0.2, 0.25) is 0 Å². The maximum Gasteiger partial charge on any atom is 0.0546 e. The third-order valence-electron chi connectivity index (χ3n) is 3.95. The highest BCUT2D eigenvalue weighted by molar-refractivity contribution is 9.10. The number of hydrogen-bond donors (Lipinski definition) is 1. The average molecular weight is 281 g/mol. The van der Waals surface area contributed by atoms with Gasteiger partial charge in [0.15, 0.2) is 0 Å². The van der Waals surface area contributed by atoms with Crippen LogP contribution < -0.4 is 10.6 Å². The predicted octanol–water partition coefficient (Wildman–Crippen LogP) is 2.55. The molecule has 0 aliphatic carbocycles. The molecule has 1 saturated heterocycles. The number of nitrogens with two attached hydrogens (primary N) is 1. The van der Waals surface area contributed by atoms with Crippen LogP contribution in [0.5, 0.6) is 0 Å². The van der Waals surface area contributed by atoms with Gasteiger partial charge in [-0.15, -0.1) is 0 Å². The first-order valence-corrected chi connectivity index (χ1v) is 6.83. The molecule has 2 unspecified atom stereocenters. The summed E-state index contributed by atoms with van der Waals surface area (Å²) in [5.74, 6) is 0.675. The molecule has 16 heavy (non-hydrogen) atoms. The lowest BCUT2D eigenvalue weighted by Gasteiger charge is -2.37. The lowest BCUT2D eigenvalue weighted by Crippen LogP contribution is -2.43. The smallest absolute Gasteiger partial charge is 0.0546 e. The predicted molar refractivity (Wildman–Crippen MR) is 70.8 cm³/mol. The topological polar surface area (TPSA) is 29.3 Å². The van der Waals surface area contributed by atoms with E-state index >= 15 is 0 Å². The molecule has 0 radical (unpaired) electrons. The summed E-state index contributed by atoms with van der Waals surface area (Å²) in [6.45, 7) is 1.96. The molecule has 2 aliphatic heterocycles. The molecule has 1 aromatic carbocycles. The Kier molecular flexibility index (Phi) is 2.68. The molecule has 0 bridgehead atoms. The number of benzene rings is 1. The molecular formula is C13H17BrN2. The van der Waals surface area contributed by atoms with Gasteiger partial charge in [0.1, 0.15) is 0 Å². The van der Waals surface area contributed by atoms with Crippen LogP contribution in [0.15, 0.2) is 22.7 Å². The van der Waals surface area contributed by atoms with Gasteiger partial charge in [-0.3, -0.25) is 0 Å². The Morgan fingerprint density at radius 2 is 2.25 bits per heavy atom. The summed E-state index contributed by atoms with van der Waals surface area (Å²) in [7, 11) is 0. The van der Waals surface area contributed by atoms with Crippen LogP contribution in [0.3, 0.4) is 0 Å². The van der Waals surface area contributed by atoms with Crippen LogP contribution in [-0.4, -0.2) is 19.1 Å². The van der Waals surface area contributed by atoms with Crippen LogP contribution in [0.2, 0.25) is 0 Å². The molecule has 86 valence electrons. The Labute approximate surface area is 105 Å². The fourth-order valence-electron chi connectivity index (χ4n) is 3.08. The van der Waals surface area contributed by atoms with Gasteiger partial charge in [0.05, 0.1) is 5.69 Å². The molecule has 2 atom stereocenters. The zero-order valence-electron chi connectivity index (χ0n) is 9.32. The minimum atomic E-state index is 0.675. The van der Waals surface area contributed by atoms with Gasteiger partial charge in [0.25, 0.3) is 0 Å². The van der Waals surface area contributed by atoms with Gasteiger partial charge in [-0.05, 0) is 59.3 Å². The quantitative estimate of drug-likeness (QED) is 0.857. The van der Waals surface area contributed by atoms with E-state index in [1.165, 1.54) is 35.0 Å². The third-order valence-corrected chi connectivity index (χ3v) is 4.59. The van der Waals surface area contributed by atoms with E-state index in [2.05, 4.69) is 39.0 Å². The van der Waals surface area contributed by atoms with Crippen molar-refractivity contribution in [2.24, 2.45) is 11.7 Å². The molecule has 2 nitrogen and oxygen atoms in total. The van der Waals surface area contributed by atoms with Crippen molar-refractivity contribution in [1.29, 1.82) is 0 Å². The highest BCUT2D eigenvalue weighted by Gasteiger charge is 2.35. The number of fused-ring (bicyclic) bond motifs is 3. The average Bonchev–Trinajstić information content (AvgIpc) is 2.67. The SMILES string of the molecule is NCC1CCC2Cc3cccc(Br)c3N2C1. The lowest BCUT2D eigenvalue weighted by atomic mass is 9.93. The Morgan fingerprint density at radius 1 is 1.38 bits per heavy atom. The Morgan fingerprint density at radius 3 is 3.06 bits per heavy atom. The van der Waals surface area contributed by atoms with Crippen molar-refractivity contribution in [2.45, 2.75) is 25.3 Å². The van der Waals surface area contributed by atoms with Crippen LogP contribution in [0.25, 0.3) is 0 Å². The normalized spacial score (nSPS) is 27.8. The van der Waals surface area contributed by atoms with E-state index < -0.39 is 0 Å². The molecule has 2 aliphatic rings. The Bertz CT molecular complexity index is 405. The second-order valence-electron chi connectivity index (χ2n) is 4.94. The summed E-state index contributed by atoms with van der Waals surface area (Å²) in [5.41, 5.74) is 8.72. The number of para-hydroxylation sites is 1. The molecule has 3 rings (SSSR count). The Balaban J connectivity index is 1.95. The second-order valence-corrected chi connectivity index (χ2v) is 5.79. The number of halogens is 1. The number of piperidine rings is 1. The second kappa shape index (κ2) is 4.04. The zero-order chi connectivity index (χ0) is 11.1. The molecule has 1 fully saturated rings. The summed E-state index contributed by atoms with van der Waals surface area (Å²) >= 11 is 3.68. The number of rotatable bonds is 1. The van der Waals surface area contributed by atoms with E-state index in [9.17, 15) is 0 Å². The fraction of sp³-hybridized carbons (Fsp3) is 0.538. The van der Waals surface area contributed by atoms with E-state index in [0.29, 0.717) is 5.92 Å². The monoisotopic (exact) mass is 280 g/mol. The van der Waals surface area contributed by atoms with Gasteiger partial charge in [-0.1, -0.05) is 12.1 Å². The molecule has 0 amide bonds. The first kappa shape index (κ1) is 10.6. The lowest BCUT2D eigenvalue weighted by molar-refractivity contribution is 0.371. The van der Waals surface area contributed by atoms with Crippen LogP contribution in [0.4, 0.5) is 5.69 Å². The van der Waals surface area contributed by atoms with Crippen molar-refractivity contribution in [3.05, 3.63) is 28.2 Å². The Hall–Kier alpha value is -0.540. The summed E-state index contributed by atoms with van der Waals surface area (Å²) in [4.78, 5) is 2.57. The number of hydrogen-bond acceptors (Lipinski definition) is 2. The first-order chi connectivity index (χ1) is 7.79. The third kappa shape index (κ3) is 1.57. The largest absolute Gasteiger partial charge is 0.367 e. The maximum absolute atomic E-state index is 5.81. The minimum absolute atomic E-state index is 0.675. The molecule has 2 N–H and O–H groups in total. The molecule has 0 aromatic heterocycles. The van der Waals surface area contributed by atoms with Crippen molar-refractivity contribution < 1.29 is 0 Å². The molecule has 0 saturated carbocycles. The van der Waals surface area contributed by atoms with Gasteiger partial charge < -0.3 is 10.6 Å². The van der Waals surface area contributed by atoms with Crippen LogP contribution in [-0.2, 0) is 6.42 Å². The van der Waals surface area contributed by atoms with Gasteiger partial charge in [0, 0.05) is 17.1 Å². The van der Waals surface area contributed by atoms with Crippen molar-refractivity contribution in [1.82, 2.24) is 0 Å². The van der Waals surface area contributed by atoms with E-state index in [1.807, 2.05) is 0 Å². The van der Waals surface area contributed by atoms with Crippen molar-refractivity contribution in [3.63, 3.8) is 0 Å². The van der Waals surface area contributed by atoms with Gasteiger partial charge >= 0.3 is 0 Å². The van der Waals surface area contributed by atoms with Crippen molar-refractivity contribution in [3.8, 4) is 0 Å². The maximum atomic E-state index is 5.81. The van der Waals surface area contributed by atoms with E-state index in [4.69, 9.17) is 5.73 Å². The summed E-state index contributed by atoms with van der Waals surface area (Å²) in [6.07, 6.45) is 3.80. The first-order valence-electron chi connectivity index (χ1n) is 6.03. The van der Waals surface area contributed by atoms with Crippen molar-refractivity contribution in [2.75, 3.05) is 18.0 Å². The number of nitrogens with zero attached hydrogens (tertiary/aromatic N) is 1. The molecule has 1 aromatic rings. The highest BCUT2D eigenvalue weighted by atomic mass is 79.9. The summed E-state index contributed by atoms with van der Waals surface area (Å²) in [6, 6.07) is 7.27. The van der Waals surface area contributed by atoms with E-state index in [0.717, 1.165) is 19.1 Å². The zero-order valence-corrected chi connectivity index (χ0v) is 10.9. The molecule has 3 heteroatoms. The van der Waals surface area contributed by atoms with Crippen LogP contribution >= 0.6 is 15.9 Å². The fourth-order valence-corrected chi connectivity index (χ4v) is 3.72. The molecular weight excluding hydrogens is 264 g/mol. The summed E-state index contributed by atoms with van der Waals surface area (Å²) in [5, 5.41) is 0. The summed E-state index contributed by atoms with van der Waals surface area (Å²) < 4.78 is 1.24. The number of anilines is 1. The van der Waals surface area contributed by atoms with Gasteiger partial charge in [-0.25, -0.2) is 0 Å². The van der Waals surface area contributed by atoms with Crippen LogP contribution in [0.1, 0.15) is 18.4 Å². The van der Waals surface area contributed by atoms with Crippen LogP contribution in [0, 0.1) is 5.92 Å². The standard InChI is InChI=1S/C13H17BrN2/c14-12-3-1-2-10-6-11-5-4-9(7-15)8-16(11)13(10)12/h1-3,9,11H,4-8,15H2.